The molecule has 4 heteroatoms. The van der Waals surface area contributed by atoms with Crippen LogP contribution in [0.2, 0.25) is 5.02 Å². The molecule has 14 heavy (non-hydrogen) atoms. The fourth-order valence-electron chi connectivity index (χ4n) is 1.23. The molecule has 0 aliphatic heterocycles. The van der Waals surface area contributed by atoms with Crippen molar-refractivity contribution in [3.05, 3.63) is 34.3 Å². The lowest BCUT2D eigenvalue weighted by Gasteiger charge is -2.06. The summed E-state index contributed by atoms with van der Waals surface area (Å²) in [6.07, 6.45) is 0.483. The molecule has 0 radical (unpaired) electrons. The van der Waals surface area contributed by atoms with Gasteiger partial charge in [-0.15, -0.1) is 0 Å². The van der Waals surface area contributed by atoms with E-state index in [2.05, 4.69) is 0 Å². The van der Waals surface area contributed by atoms with Gasteiger partial charge in [0, 0.05) is 11.4 Å². The number of carboxylic acids is 1. The molecule has 3 nitrogen and oxygen atoms in total. The van der Waals surface area contributed by atoms with E-state index >= 15 is 0 Å². The van der Waals surface area contributed by atoms with Gasteiger partial charge in [-0.05, 0) is 29.7 Å². The Morgan fingerprint density at radius 2 is 2.07 bits per heavy atom. The van der Waals surface area contributed by atoms with E-state index in [1.807, 2.05) is 0 Å². The molecule has 1 rings (SSSR count). The molecule has 0 saturated heterocycles. The molecule has 1 aromatic rings. The molecule has 0 aliphatic rings. The van der Waals surface area contributed by atoms with E-state index in [0.717, 1.165) is 5.56 Å². The normalized spacial score (nSPS) is 10.1. The van der Waals surface area contributed by atoms with Crippen molar-refractivity contribution in [1.29, 1.82) is 0 Å². The number of carboxylic acid groups (broad SMARTS) is 1. The first kappa shape index (κ1) is 11.0. The first-order valence-electron chi connectivity index (χ1n) is 4.23. The van der Waals surface area contributed by atoms with Crippen molar-refractivity contribution >= 4 is 17.6 Å². The molecule has 0 fully saturated rings. The van der Waals surface area contributed by atoms with E-state index in [1.165, 1.54) is 0 Å². The fourth-order valence-corrected chi connectivity index (χ4v) is 1.42. The second-order valence-corrected chi connectivity index (χ2v) is 3.40. The second-order valence-electron chi connectivity index (χ2n) is 2.96. The van der Waals surface area contributed by atoms with Crippen LogP contribution in [0, 0.1) is 0 Å². The van der Waals surface area contributed by atoms with Crippen LogP contribution < -0.4 is 0 Å². The zero-order chi connectivity index (χ0) is 10.6. The van der Waals surface area contributed by atoms with E-state index < -0.39 is 5.97 Å². The number of rotatable bonds is 4. The minimum absolute atomic E-state index is 0.0641. The van der Waals surface area contributed by atoms with E-state index in [9.17, 15) is 4.79 Å². The Hall–Kier alpha value is -1.06. The van der Waals surface area contributed by atoms with Crippen LogP contribution in [-0.2, 0) is 17.8 Å². The third kappa shape index (κ3) is 3.01. The number of aliphatic carboxylic acids is 1. The van der Waals surface area contributed by atoms with Crippen molar-refractivity contribution in [3.63, 3.8) is 0 Å². The number of halogens is 1. The van der Waals surface area contributed by atoms with Crippen LogP contribution >= 0.6 is 11.6 Å². The summed E-state index contributed by atoms with van der Waals surface area (Å²) in [5, 5.41) is 18.1. The van der Waals surface area contributed by atoms with E-state index in [-0.39, 0.29) is 13.0 Å². The van der Waals surface area contributed by atoms with Crippen LogP contribution in [0.5, 0.6) is 0 Å². The van der Waals surface area contributed by atoms with Crippen LogP contribution in [-0.4, -0.2) is 16.2 Å². The molecule has 0 bridgehead atoms. The highest BCUT2D eigenvalue weighted by Gasteiger charge is 2.04. The fraction of sp³-hybridized carbons (Fsp3) is 0.300. The largest absolute Gasteiger partial charge is 0.481 e. The van der Waals surface area contributed by atoms with Crippen LogP contribution in [0.15, 0.2) is 18.2 Å². The Balaban J connectivity index is 2.80. The van der Waals surface area contributed by atoms with Crippen LogP contribution in [0.4, 0.5) is 0 Å². The number of aliphatic hydroxyl groups excluding tert-OH is 1. The lowest BCUT2D eigenvalue weighted by atomic mass is 10.0. The average Bonchev–Trinajstić information content (AvgIpc) is 2.15. The highest BCUT2D eigenvalue weighted by atomic mass is 35.5. The second kappa shape index (κ2) is 4.98. The summed E-state index contributed by atoms with van der Waals surface area (Å²) in [5.74, 6) is -0.844. The number of aliphatic hydroxyl groups is 1. The summed E-state index contributed by atoms with van der Waals surface area (Å²) >= 11 is 5.73. The standard InChI is InChI=1S/C10H11ClO3/c11-9-3-1-7(2-4-10(13)14)8(5-9)6-12/h1,3,5,12H,2,4,6H2,(H,13,14). The topological polar surface area (TPSA) is 57.5 Å². The molecule has 0 saturated carbocycles. The predicted octanol–water partition coefficient (Wildman–Crippen LogP) is 1.85. The summed E-state index contributed by atoms with van der Waals surface area (Å²) in [5.41, 5.74) is 1.53. The molecular formula is C10H11ClO3. The van der Waals surface area contributed by atoms with Gasteiger partial charge in [0.2, 0.25) is 0 Å². The molecule has 0 amide bonds. The van der Waals surface area contributed by atoms with Crippen molar-refractivity contribution in [2.24, 2.45) is 0 Å². The summed E-state index contributed by atoms with van der Waals surface area (Å²) in [6, 6.07) is 5.09. The molecule has 0 aromatic heterocycles. The smallest absolute Gasteiger partial charge is 0.303 e. The predicted molar refractivity (Wildman–Crippen MR) is 53.3 cm³/mol. The minimum atomic E-state index is -0.844. The minimum Gasteiger partial charge on any atom is -0.481 e. The van der Waals surface area contributed by atoms with Crippen molar-refractivity contribution in [1.82, 2.24) is 0 Å². The van der Waals surface area contributed by atoms with Crippen LogP contribution in [0.3, 0.4) is 0 Å². The van der Waals surface area contributed by atoms with Gasteiger partial charge in [0.15, 0.2) is 0 Å². The molecule has 76 valence electrons. The van der Waals surface area contributed by atoms with Gasteiger partial charge in [0.05, 0.1) is 6.61 Å². The van der Waals surface area contributed by atoms with Crippen LogP contribution in [0.1, 0.15) is 17.5 Å². The van der Waals surface area contributed by atoms with Gasteiger partial charge < -0.3 is 10.2 Å². The molecule has 0 spiro atoms. The Labute approximate surface area is 86.9 Å². The van der Waals surface area contributed by atoms with Crippen molar-refractivity contribution in [2.75, 3.05) is 0 Å². The van der Waals surface area contributed by atoms with Gasteiger partial charge in [0.1, 0.15) is 0 Å². The highest BCUT2D eigenvalue weighted by molar-refractivity contribution is 6.30. The summed E-state index contributed by atoms with van der Waals surface area (Å²) in [6.45, 7) is -0.116. The first-order chi connectivity index (χ1) is 6.63. The number of hydrogen-bond donors (Lipinski definition) is 2. The monoisotopic (exact) mass is 214 g/mol. The maximum absolute atomic E-state index is 10.4. The zero-order valence-corrected chi connectivity index (χ0v) is 8.29. The Bertz CT molecular complexity index is 336. The van der Waals surface area contributed by atoms with E-state index in [1.54, 1.807) is 18.2 Å². The molecule has 1 aromatic carbocycles. The maximum Gasteiger partial charge on any atom is 0.303 e. The number of aryl methyl sites for hydroxylation is 1. The van der Waals surface area contributed by atoms with Gasteiger partial charge >= 0.3 is 5.97 Å². The van der Waals surface area contributed by atoms with Gasteiger partial charge in [-0.2, -0.15) is 0 Å². The molecule has 0 heterocycles. The lowest BCUT2D eigenvalue weighted by molar-refractivity contribution is -0.136. The average molecular weight is 215 g/mol. The van der Waals surface area contributed by atoms with Gasteiger partial charge in [-0.3, -0.25) is 4.79 Å². The quantitative estimate of drug-likeness (QED) is 0.804. The van der Waals surface area contributed by atoms with Gasteiger partial charge in [-0.1, -0.05) is 17.7 Å². The summed E-state index contributed by atoms with van der Waals surface area (Å²) in [4.78, 5) is 10.4. The zero-order valence-electron chi connectivity index (χ0n) is 7.53. The maximum atomic E-state index is 10.4. The first-order valence-corrected chi connectivity index (χ1v) is 4.61. The lowest BCUT2D eigenvalue weighted by Crippen LogP contribution is -2.00. The van der Waals surface area contributed by atoms with E-state index in [0.29, 0.717) is 17.0 Å². The third-order valence-corrected chi connectivity index (χ3v) is 2.18. The summed E-state index contributed by atoms with van der Waals surface area (Å²) in [7, 11) is 0. The molecule has 2 N–H and O–H groups in total. The Morgan fingerprint density at radius 1 is 1.36 bits per heavy atom. The third-order valence-electron chi connectivity index (χ3n) is 1.95. The molecule has 0 aliphatic carbocycles. The number of carbonyl (C=O) groups is 1. The van der Waals surface area contributed by atoms with Crippen molar-refractivity contribution in [2.45, 2.75) is 19.4 Å². The van der Waals surface area contributed by atoms with Crippen LogP contribution in [0.25, 0.3) is 0 Å². The van der Waals surface area contributed by atoms with Crippen molar-refractivity contribution < 1.29 is 15.0 Å². The SMILES string of the molecule is O=C(O)CCc1ccc(Cl)cc1CO. The number of hydrogen-bond acceptors (Lipinski definition) is 2. The van der Waals surface area contributed by atoms with Crippen molar-refractivity contribution in [3.8, 4) is 0 Å². The van der Waals surface area contributed by atoms with Gasteiger partial charge in [0.25, 0.3) is 0 Å². The Morgan fingerprint density at radius 3 is 2.64 bits per heavy atom. The molecule has 0 unspecified atom stereocenters. The summed E-state index contributed by atoms with van der Waals surface area (Å²) < 4.78 is 0. The molecular weight excluding hydrogens is 204 g/mol. The van der Waals surface area contributed by atoms with Gasteiger partial charge in [-0.25, -0.2) is 0 Å². The van der Waals surface area contributed by atoms with E-state index in [4.69, 9.17) is 21.8 Å². The highest BCUT2D eigenvalue weighted by Crippen LogP contribution is 2.17. The molecule has 0 atom stereocenters. The Kier molecular flexibility index (Phi) is 3.92. The number of benzene rings is 1.